The number of ether oxygens (including phenoxy) is 2. The Morgan fingerprint density at radius 3 is 2.16 bits per heavy atom. The molecule has 0 aliphatic rings. The van der Waals surface area contributed by atoms with Crippen LogP contribution in [0.1, 0.15) is 54.0 Å². The Labute approximate surface area is 225 Å². The van der Waals surface area contributed by atoms with E-state index in [-0.39, 0.29) is 18.3 Å². The van der Waals surface area contributed by atoms with Gasteiger partial charge in [-0.25, -0.2) is 0 Å². The van der Waals surface area contributed by atoms with Crippen molar-refractivity contribution in [1.29, 1.82) is 0 Å². The third-order valence-corrected chi connectivity index (χ3v) is 5.51. The van der Waals surface area contributed by atoms with Gasteiger partial charge >= 0.3 is 6.11 Å². The number of alkyl halides is 2. The largest absolute Gasteiger partial charge is 0.484 e. The first-order chi connectivity index (χ1) is 17.8. The van der Waals surface area contributed by atoms with Crippen LogP contribution in [0.25, 0.3) is 5.57 Å². The third kappa shape index (κ3) is 11.8. The fraction of sp³-hybridized carbons (Fsp3) is 0.448. The van der Waals surface area contributed by atoms with E-state index in [1.54, 1.807) is 12.1 Å². The molecule has 210 valence electrons. The van der Waals surface area contributed by atoms with Crippen LogP contribution >= 0.6 is 0 Å². The summed E-state index contributed by atoms with van der Waals surface area (Å²) < 4.78 is 35.4. The summed E-state index contributed by atoms with van der Waals surface area (Å²) in [6, 6.07) is 12.1. The molecule has 0 saturated heterocycles. The molecule has 0 heterocycles. The number of amides is 1. The molecule has 9 heteroatoms. The molecule has 0 unspecified atom stereocenters. The van der Waals surface area contributed by atoms with Crippen molar-refractivity contribution in [2.24, 2.45) is 10.7 Å². The molecule has 2 aromatic carbocycles. The van der Waals surface area contributed by atoms with E-state index in [0.717, 1.165) is 29.9 Å². The normalized spacial score (nSPS) is 11.8. The molecule has 0 spiro atoms. The van der Waals surface area contributed by atoms with E-state index in [1.807, 2.05) is 26.0 Å². The van der Waals surface area contributed by atoms with Crippen molar-refractivity contribution in [2.45, 2.75) is 66.7 Å². The van der Waals surface area contributed by atoms with Crippen molar-refractivity contribution in [2.75, 3.05) is 25.0 Å². The third-order valence-electron chi connectivity index (χ3n) is 5.51. The lowest BCUT2D eigenvalue weighted by Gasteiger charge is -2.29. The van der Waals surface area contributed by atoms with Crippen LogP contribution in [0.4, 0.5) is 20.2 Å². The van der Waals surface area contributed by atoms with E-state index < -0.39 is 6.11 Å². The predicted octanol–water partition coefficient (Wildman–Crippen LogP) is 6.51. The summed E-state index contributed by atoms with van der Waals surface area (Å²) >= 11 is 0. The van der Waals surface area contributed by atoms with Crippen molar-refractivity contribution >= 4 is 29.6 Å². The van der Waals surface area contributed by atoms with Crippen molar-refractivity contribution in [3.63, 3.8) is 0 Å². The SMILES string of the molecule is C=Nc1ccc(NC(=O)COc2ccc(OC(C)(F)F)cc2)cc1/C(C)=C\C.CC(C)N(CCN)C(C)C. The molecule has 0 radical (unpaired) electrons. The van der Waals surface area contributed by atoms with Gasteiger partial charge in [0, 0.05) is 43.3 Å². The molecule has 2 aromatic rings. The maximum Gasteiger partial charge on any atom is 0.394 e. The van der Waals surface area contributed by atoms with Crippen molar-refractivity contribution in [3.8, 4) is 11.5 Å². The minimum absolute atomic E-state index is 0.00657. The fourth-order valence-electron chi connectivity index (χ4n) is 3.64. The first-order valence-corrected chi connectivity index (χ1v) is 12.6. The Hall–Kier alpha value is -3.30. The zero-order valence-corrected chi connectivity index (χ0v) is 23.6. The zero-order chi connectivity index (χ0) is 28.9. The van der Waals surface area contributed by atoms with Gasteiger partial charge in [-0.15, -0.1) is 0 Å². The zero-order valence-electron chi connectivity index (χ0n) is 23.6. The number of carbonyl (C=O) groups excluding carboxylic acids is 1. The highest BCUT2D eigenvalue weighted by atomic mass is 19.3. The Morgan fingerprint density at radius 1 is 1.13 bits per heavy atom. The molecule has 2 rings (SSSR count). The highest BCUT2D eigenvalue weighted by molar-refractivity contribution is 5.93. The summed E-state index contributed by atoms with van der Waals surface area (Å²) in [5.74, 6) is 0.00878. The van der Waals surface area contributed by atoms with Crippen molar-refractivity contribution in [1.82, 2.24) is 4.90 Å². The lowest BCUT2D eigenvalue weighted by Crippen LogP contribution is -2.40. The molecule has 38 heavy (non-hydrogen) atoms. The van der Waals surface area contributed by atoms with Gasteiger partial charge in [0.05, 0.1) is 5.69 Å². The van der Waals surface area contributed by atoms with Crippen LogP contribution in [0.5, 0.6) is 11.5 Å². The van der Waals surface area contributed by atoms with E-state index in [2.05, 4.69) is 54.4 Å². The van der Waals surface area contributed by atoms with Crippen LogP contribution in [0, 0.1) is 0 Å². The monoisotopic (exact) mass is 532 g/mol. The highest BCUT2D eigenvalue weighted by Gasteiger charge is 2.23. The lowest BCUT2D eigenvalue weighted by molar-refractivity contribution is -0.158. The molecule has 0 aromatic heterocycles. The van der Waals surface area contributed by atoms with Gasteiger partial charge in [0.15, 0.2) is 6.61 Å². The molecule has 1 amide bonds. The summed E-state index contributed by atoms with van der Waals surface area (Å²) in [4.78, 5) is 18.5. The van der Waals surface area contributed by atoms with Gasteiger partial charge in [-0.2, -0.15) is 8.78 Å². The van der Waals surface area contributed by atoms with Crippen LogP contribution in [0.2, 0.25) is 0 Å². The van der Waals surface area contributed by atoms with E-state index in [9.17, 15) is 13.6 Å². The number of nitrogens with one attached hydrogen (secondary N) is 1. The maximum atomic E-state index is 12.8. The van der Waals surface area contributed by atoms with E-state index in [4.69, 9.17) is 10.5 Å². The standard InChI is InChI=1S/C21H22F2N2O3.C8H20N2/c1-5-14(2)18-12-15(6-11-19(18)24-4)25-20(26)13-27-16-7-9-17(10-8-16)28-21(3,22)23;1-7(2)10(6-5-9)8(3)4/h5-12H,4,13H2,1-3H3,(H,25,26);7-8H,5-6,9H2,1-4H3/b14-5-;. The van der Waals surface area contributed by atoms with Gasteiger partial charge in [0.2, 0.25) is 0 Å². The van der Waals surface area contributed by atoms with E-state index >= 15 is 0 Å². The second kappa shape index (κ2) is 15.8. The van der Waals surface area contributed by atoms with E-state index in [1.165, 1.54) is 24.3 Å². The molecular weight excluding hydrogens is 490 g/mol. The smallest absolute Gasteiger partial charge is 0.394 e. The molecule has 0 aliphatic heterocycles. The van der Waals surface area contributed by atoms with Crippen molar-refractivity contribution < 1.29 is 23.0 Å². The fourth-order valence-corrected chi connectivity index (χ4v) is 3.64. The average molecular weight is 533 g/mol. The summed E-state index contributed by atoms with van der Waals surface area (Å²) in [5, 5.41) is 2.75. The predicted molar refractivity (Wildman–Crippen MR) is 153 cm³/mol. The van der Waals surface area contributed by atoms with Crippen LogP contribution in [0.15, 0.2) is 53.5 Å². The summed E-state index contributed by atoms with van der Waals surface area (Å²) in [5.41, 5.74) is 8.68. The number of hydrogen-bond acceptors (Lipinski definition) is 6. The molecule has 0 atom stereocenters. The number of aliphatic imine (C=N–C) groups is 1. The van der Waals surface area contributed by atoms with Gasteiger partial charge in [-0.3, -0.25) is 14.7 Å². The topological polar surface area (TPSA) is 89.2 Å². The number of benzene rings is 2. The van der Waals surface area contributed by atoms with E-state index in [0.29, 0.717) is 30.4 Å². The number of anilines is 1. The number of rotatable bonds is 12. The first-order valence-electron chi connectivity index (χ1n) is 12.6. The molecule has 0 bridgehead atoms. The molecular formula is C29H42F2N4O3. The van der Waals surface area contributed by atoms with Gasteiger partial charge in [-0.1, -0.05) is 6.08 Å². The summed E-state index contributed by atoms with van der Waals surface area (Å²) in [6.45, 7) is 18.4. The van der Waals surface area contributed by atoms with Crippen molar-refractivity contribution in [3.05, 3.63) is 54.1 Å². The molecule has 3 N–H and O–H groups in total. The van der Waals surface area contributed by atoms with Crippen LogP contribution < -0.4 is 20.5 Å². The number of nitrogens with two attached hydrogens (primary N) is 1. The first kappa shape index (κ1) is 32.7. The molecule has 0 saturated carbocycles. The van der Waals surface area contributed by atoms with Crippen LogP contribution in [-0.2, 0) is 4.79 Å². The number of nitrogens with zero attached hydrogens (tertiary/aromatic N) is 2. The molecule has 0 aliphatic carbocycles. The second-order valence-electron chi connectivity index (χ2n) is 9.29. The molecule has 7 nitrogen and oxygen atoms in total. The Bertz CT molecular complexity index is 1040. The van der Waals surface area contributed by atoms with Gasteiger partial charge in [-0.05, 0) is 96.3 Å². The number of allylic oxidation sites excluding steroid dienone is 2. The number of carbonyl (C=O) groups is 1. The van der Waals surface area contributed by atoms with Crippen LogP contribution in [-0.4, -0.2) is 55.4 Å². The summed E-state index contributed by atoms with van der Waals surface area (Å²) in [7, 11) is 0. The minimum atomic E-state index is -3.26. The summed E-state index contributed by atoms with van der Waals surface area (Å²) in [6.07, 6.45) is -1.32. The maximum absolute atomic E-state index is 12.8. The molecule has 0 fully saturated rings. The number of hydrogen-bond donors (Lipinski definition) is 2. The Morgan fingerprint density at radius 2 is 1.71 bits per heavy atom. The highest BCUT2D eigenvalue weighted by Crippen LogP contribution is 2.29. The Balaban J connectivity index is 0.000000612. The number of halogens is 2. The van der Waals surface area contributed by atoms with Gasteiger partial charge in [0.25, 0.3) is 5.91 Å². The van der Waals surface area contributed by atoms with Crippen LogP contribution in [0.3, 0.4) is 0 Å². The minimum Gasteiger partial charge on any atom is -0.484 e. The lowest BCUT2D eigenvalue weighted by atomic mass is 10.0. The average Bonchev–Trinajstić information content (AvgIpc) is 2.85. The Kier molecular flexibility index (Phi) is 13.6. The van der Waals surface area contributed by atoms with Gasteiger partial charge < -0.3 is 20.5 Å². The second-order valence-corrected chi connectivity index (χ2v) is 9.29. The quantitative estimate of drug-likeness (QED) is 0.304. The van der Waals surface area contributed by atoms with Gasteiger partial charge in [0.1, 0.15) is 11.5 Å².